The van der Waals surface area contributed by atoms with Gasteiger partial charge in [0.05, 0.1) is 10.0 Å². The molecule has 0 aliphatic heterocycles. The Bertz CT molecular complexity index is 497. The van der Waals surface area contributed by atoms with Crippen LogP contribution in [0.1, 0.15) is 16.0 Å². The molecule has 1 atom stereocenters. The number of hydrogen-bond donors (Lipinski definition) is 0. The van der Waals surface area contributed by atoms with Crippen LogP contribution in [-0.4, -0.2) is 0 Å². The lowest BCUT2D eigenvalue weighted by atomic mass is 10.0. The summed E-state index contributed by atoms with van der Waals surface area (Å²) in [6.45, 7) is 0. The number of halogens is 3. The van der Waals surface area contributed by atoms with Crippen LogP contribution < -0.4 is 0 Å². The van der Waals surface area contributed by atoms with Crippen LogP contribution in [0.2, 0.25) is 10.0 Å². The van der Waals surface area contributed by atoms with Gasteiger partial charge in [0.2, 0.25) is 0 Å². The maximum atomic E-state index is 6.00. The van der Waals surface area contributed by atoms with Crippen LogP contribution in [0, 0.1) is 0 Å². The first-order valence-electron chi connectivity index (χ1n) is 5.30. The fourth-order valence-electron chi connectivity index (χ4n) is 1.65. The Hall–Kier alpha value is -0.500. The molecule has 3 heteroatoms. The van der Waals surface area contributed by atoms with Gasteiger partial charge in [-0.05, 0) is 29.7 Å². The third-order valence-corrected chi connectivity index (χ3v) is 4.15. The molecule has 2 aromatic rings. The van der Waals surface area contributed by atoms with Gasteiger partial charge in [-0.25, -0.2) is 0 Å². The molecule has 0 bridgehead atoms. The van der Waals surface area contributed by atoms with E-state index < -0.39 is 0 Å². The lowest BCUT2D eigenvalue weighted by Gasteiger charge is -2.10. The van der Waals surface area contributed by atoms with Gasteiger partial charge in [0.15, 0.2) is 0 Å². The molecule has 0 saturated carbocycles. The molecule has 88 valence electrons. The van der Waals surface area contributed by atoms with Gasteiger partial charge in [0.25, 0.3) is 0 Å². The highest BCUT2D eigenvalue weighted by Crippen LogP contribution is 2.29. The van der Waals surface area contributed by atoms with E-state index >= 15 is 0 Å². The molecule has 1 unspecified atom stereocenters. The molecule has 0 saturated heterocycles. The summed E-state index contributed by atoms with van der Waals surface area (Å²) in [4.78, 5) is 0.293. The van der Waals surface area contributed by atoms with Gasteiger partial charge in [0, 0.05) is 4.83 Å². The van der Waals surface area contributed by atoms with Crippen LogP contribution in [-0.2, 0) is 6.42 Å². The SMILES string of the molecule is Clc1ccc(CC(Br)c2ccccc2)cc1Cl. The van der Waals surface area contributed by atoms with E-state index in [-0.39, 0.29) is 0 Å². The van der Waals surface area contributed by atoms with Gasteiger partial charge in [-0.3, -0.25) is 0 Å². The molecule has 0 nitrogen and oxygen atoms in total. The average molecular weight is 330 g/mol. The molecular formula is C14H11BrCl2. The molecule has 2 aromatic carbocycles. The smallest absolute Gasteiger partial charge is 0.0595 e. The van der Waals surface area contributed by atoms with Gasteiger partial charge >= 0.3 is 0 Å². The largest absolute Gasteiger partial charge is 0.0835 e. The van der Waals surface area contributed by atoms with E-state index in [0.29, 0.717) is 14.9 Å². The molecule has 0 aliphatic rings. The van der Waals surface area contributed by atoms with Crippen molar-refractivity contribution in [2.24, 2.45) is 0 Å². The summed E-state index contributed by atoms with van der Waals surface area (Å²) < 4.78 is 0. The Morgan fingerprint density at radius 1 is 0.941 bits per heavy atom. The lowest BCUT2D eigenvalue weighted by Crippen LogP contribution is -1.95. The summed E-state index contributed by atoms with van der Waals surface area (Å²) in [5, 5.41) is 1.21. The first kappa shape index (κ1) is 12.9. The van der Waals surface area contributed by atoms with Crippen LogP contribution in [0.3, 0.4) is 0 Å². The van der Waals surface area contributed by atoms with Gasteiger partial charge in [-0.15, -0.1) is 0 Å². The second-order valence-corrected chi connectivity index (χ2v) is 5.75. The zero-order chi connectivity index (χ0) is 12.3. The van der Waals surface area contributed by atoms with Gasteiger partial charge in [-0.1, -0.05) is 75.5 Å². The second kappa shape index (κ2) is 5.90. The van der Waals surface area contributed by atoms with Crippen molar-refractivity contribution in [3.63, 3.8) is 0 Å². The number of rotatable bonds is 3. The molecule has 0 fully saturated rings. The molecule has 0 N–H and O–H groups in total. The van der Waals surface area contributed by atoms with E-state index in [1.54, 1.807) is 0 Å². The zero-order valence-electron chi connectivity index (χ0n) is 9.04. The van der Waals surface area contributed by atoms with Crippen molar-refractivity contribution in [2.45, 2.75) is 11.2 Å². The van der Waals surface area contributed by atoms with Crippen molar-refractivity contribution in [1.29, 1.82) is 0 Å². The molecule has 0 heterocycles. The minimum atomic E-state index is 0.293. The van der Waals surface area contributed by atoms with Gasteiger partial charge < -0.3 is 0 Å². The summed E-state index contributed by atoms with van der Waals surface area (Å²) in [6, 6.07) is 16.1. The fraction of sp³-hybridized carbons (Fsp3) is 0.143. The molecule has 0 aromatic heterocycles. The molecule has 0 spiro atoms. The fourth-order valence-corrected chi connectivity index (χ4v) is 2.65. The molecule has 17 heavy (non-hydrogen) atoms. The monoisotopic (exact) mass is 328 g/mol. The van der Waals surface area contributed by atoms with Crippen molar-refractivity contribution in [3.05, 3.63) is 69.7 Å². The summed E-state index contributed by atoms with van der Waals surface area (Å²) in [6.07, 6.45) is 0.890. The summed E-state index contributed by atoms with van der Waals surface area (Å²) >= 11 is 15.6. The van der Waals surface area contributed by atoms with Crippen LogP contribution >= 0.6 is 39.1 Å². The van der Waals surface area contributed by atoms with Crippen LogP contribution in [0.5, 0.6) is 0 Å². The molecule has 2 rings (SSSR count). The van der Waals surface area contributed by atoms with E-state index in [1.165, 1.54) is 11.1 Å². The minimum absolute atomic E-state index is 0.293. The molecule has 0 amide bonds. The highest BCUT2D eigenvalue weighted by atomic mass is 79.9. The van der Waals surface area contributed by atoms with Gasteiger partial charge in [0.1, 0.15) is 0 Å². The lowest BCUT2D eigenvalue weighted by molar-refractivity contribution is 0.949. The first-order chi connectivity index (χ1) is 8.16. The van der Waals surface area contributed by atoms with Crippen LogP contribution in [0.25, 0.3) is 0 Å². The highest BCUT2D eigenvalue weighted by molar-refractivity contribution is 9.09. The van der Waals surface area contributed by atoms with Crippen molar-refractivity contribution < 1.29 is 0 Å². The van der Waals surface area contributed by atoms with Crippen molar-refractivity contribution in [2.75, 3.05) is 0 Å². The Morgan fingerprint density at radius 3 is 2.29 bits per heavy atom. The summed E-state index contributed by atoms with van der Waals surface area (Å²) in [5.41, 5.74) is 2.43. The third kappa shape index (κ3) is 3.48. The quantitative estimate of drug-likeness (QED) is 0.636. The Morgan fingerprint density at radius 2 is 1.65 bits per heavy atom. The maximum Gasteiger partial charge on any atom is 0.0595 e. The Balaban J connectivity index is 2.13. The van der Waals surface area contributed by atoms with E-state index in [0.717, 1.165) is 6.42 Å². The number of benzene rings is 2. The topological polar surface area (TPSA) is 0 Å². The van der Waals surface area contributed by atoms with Crippen LogP contribution in [0.4, 0.5) is 0 Å². The number of alkyl halides is 1. The molecule has 0 aliphatic carbocycles. The normalized spacial score (nSPS) is 12.4. The zero-order valence-corrected chi connectivity index (χ0v) is 12.1. The maximum absolute atomic E-state index is 6.00. The van der Waals surface area contributed by atoms with E-state index in [4.69, 9.17) is 23.2 Å². The predicted molar refractivity (Wildman–Crippen MR) is 78.3 cm³/mol. The second-order valence-electron chi connectivity index (χ2n) is 3.83. The van der Waals surface area contributed by atoms with Crippen LogP contribution in [0.15, 0.2) is 48.5 Å². The minimum Gasteiger partial charge on any atom is -0.0835 e. The summed E-state index contributed by atoms with van der Waals surface area (Å²) in [7, 11) is 0. The molecule has 0 radical (unpaired) electrons. The van der Waals surface area contributed by atoms with Crippen molar-refractivity contribution >= 4 is 39.1 Å². The van der Waals surface area contributed by atoms with Crippen molar-refractivity contribution in [3.8, 4) is 0 Å². The van der Waals surface area contributed by atoms with E-state index in [1.807, 2.05) is 36.4 Å². The standard InChI is InChI=1S/C14H11BrCl2/c15-12(11-4-2-1-3-5-11)8-10-6-7-13(16)14(17)9-10/h1-7,9,12H,8H2. The number of hydrogen-bond acceptors (Lipinski definition) is 0. The Labute approximate surface area is 120 Å². The van der Waals surface area contributed by atoms with Crippen molar-refractivity contribution in [1.82, 2.24) is 0 Å². The third-order valence-electron chi connectivity index (χ3n) is 2.56. The Kier molecular flexibility index (Phi) is 4.49. The summed E-state index contributed by atoms with van der Waals surface area (Å²) in [5.74, 6) is 0. The highest BCUT2D eigenvalue weighted by Gasteiger charge is 2.09. The predicted octanol–water partition coefficient (Wildman–Crippen LogP) is 5.67. The van der Waals surface area contributed by atoms with E-state index in [2.05, 4.69) is 28.1 Å². The van der Waals surface area contributed by atoms with Gasteiger partial charge in [-0.2, -0.15) is 0 Å². The molecular weight excluding hydrogens is 319 g/mol. The average Bonchev–Trinajstić information content (AvgIpc) is 2.35. The first-order valence-corrected chi connectivity index (χ1v) is 6.97. The van der Waals surface area contributed by atoms with E-state index in [9.17, 15) is 0 Å².